The predicted octanol–water partition coefficient (Wildman–Crippen LogP) is 5.76. The van der Waals surface area contributed by atoms with E-state index >= 15 is 0 Å². The lowest BCUT2D eigenvalue weighted by atomic mass is 9.99. The van der Waals surface area contributed by atoms with Crippen LogP contribution in [0.1, 0.15) is 71.3 Å². The number of hydrogen-bond acceptors (Lipinski definition) is 5. The van der Waals surface area contributed by atoms with Crippen molar-refractivity contribution in [3.05, 3.63) is 88.7 Å². The first-order valence-electron chi connectivity index (χ1n) is 13.0. The Morgan fingerprint density at radius 3 is 2.48 bits per heavy atom. The van der Waals surface area contributed by atoms with Gasteiger partial charge in [-0.15, -0.1) is 0 Å². The number of nitrogens with one attached hydrogen (secondary N) is 2. The van der Waals surface area contributed by atoms with Gasteiger partial charge in [-0.3, -0.25) is 4.79 Å². The zero-order chi connectivity index (χ0) is 29.2. The van der Waals surface area contributed by atoms with E-state index in [1.54, 1.807) is 50.7 Å². The first-order chi connectivity index (χ1) is 18.8. The molecule has 3 N–H and O–H groups in total. The van der Waals surface area contributed by atoms with E-state index in [2.05, 4.69) is 10.6 Å². The molecule has 0 fully saturated rings. The molecular weight excluding hydrogens is 508 g/mol. The van der Waals surface area contributed by atoms with Crippen molar-refractivity contribution >= 4 is 28.9 Å². The van der Waals surface area contributed by atoms with Gasteiger partial charge in [0.25, 0.3) is 5.91 Å². The molecule has 1 atom stereocenters. The van der Waals surface area contributed by atoms with Crippen molar-refractivity contribution in [3.63, 3.8) is 0 Å². The number of ether oxygens (including phenoxy) is 1. The van der Waals surface area contributed by atoms with E-state index in [9.17, 15) is 19.5 Å². The summed E-state index contributed by atoms with van der Waals surface area (Å²) in [6, 6.07) is 16.2. The molecule has 4 aromatic rings. The van der Waals surface area contributed by atoms with Crippen LogP contribution < -0.4 is 10.6 Å². The first-order valence-corrected chi connectivity index (χ1v) is 13.0. The summed E-state index contributed by atoms with van der Waals surface area (Å²) in [7, 11) is 1.68. The van der Waals surface area contributed by atoms with E-state index in [1.807, 2.05) is 56.3 Å². The van der Waals surface area contributed by atoms with Crippen molar-refractivity contribution in [1.82, 2.24) is 20.2 Å². The maximum atomic E-state index is 13.4. The molecule has 4 rings (SSSR count). The number of aromatic carboxylic acids is 1. The molecule has 9 nitrogen and oxygen atoms in total. The minimum atomic E-state index is -1.02. The van der Waals surface area contributed by atoms with Gasteiger partial charge in [-0.1, -0.05) is 30.3 Å². The van der Waals surface area contributed by atoms with Gasteiger partial charge in [0.1, 0.15) is 11.3 Å². The van der Waals surface area contributed by atoms with Crippen LogP contribution >= 0.6 is 0 Å². The number of carbonyl (C=O) groups is 3. The number of aryl methyl sites for hydroxylation is 2. The fourth-order valence-electron chi connectivity index (χ4n) is 4.49. The first kappa shape index (κ1) is 28.4. The van der Waals surface area contributed by atoms with Gasteiger partial charge < -0.3 is 25.0 Å². The maximum Gasteiger partial charge on any atom is 0.407 e. The lowest BCUT2D eigenvalue weighted by Gasteiger charge is -2.20. The molecule has 2 aromatic carbocycles. The highest BCUT2D eigenvalue weighted by Crippen LogP contribution is 2.30. The minimum absolute atomic E-state index is 0.157. The Morgan fingerprint density at radius 1 is 1.07 bits per heavy atom. The van der Waals surface area contributed by atoms with E-state index in [0.717, 1.165) is 27.6 Å². The molecule has 0 bridgehead atoms. The van der Waals surface area contributed by atoms with Gasteiger partial charge in [0, 0.05) is 36.3 Å². The van der Waals surface area contributed by atoms with Crippen molar-refractivity contribution < 1.29 is 24.2 Å². The maximum absolute atomic E-state index is 13.4. The molecule has 0 aliphatic carbocycles. The molecule has 2 heterocycles. The van der Waals surface area contributed by atoms with E-state index in [0.29, 0.717) is 16.8 Å². The number of rotatable bonds is 7. The molecule has 2 amide bonds. The summed E-state index contributed by atoms with van der Waals surface area (Å²) in [5, 5.41) is 16.2. The zero-order valence-corrected chi connectivity index (χ0v) is 23.5. The summed E-state index contributed by atoms with van der Waals surface area (Å²) < 4.78 is 6.84. The van der Waals surface area contributed by atoms with Crippen LogP contribution in [0.15, 0.2) is 60.8 Å². The molecule has 9 heteroatoms. The monoisotopic (exact) mass is 542 g/mol. The Morgan fingerprint density at radius 2 is 1.80 bits per heavy atom. The molecule has 208 valence electrons. The van der Waals surface area contributed by atoms with E-state index in [1.165, 1.54) is 0 Å². The summed E-state index contributed by atoms with van der Waals surface area (Å²) in [5.74, 6) is -1.27. The fraction of sp³-hybridized carbons (Fsp3) is 0.290. The number of nitrogens with zero attached hydrogens (tertiary/aromatic N) is 2. The van der Waals surface area contributed by atoms with Crippen LogP contribution in [0.2, 0.25) is 0 Å². The number of benzene rings is 2. The van der Waals surface area contributed by atoms with Crippen LogP contribution in [-0.4, -0.2) is 38.2 Å². The second kappa shape index (κ2) is 11.2. The molecule has 0 aliphatic rings. The normalized spacial score (nSPS) is 12.2. The fourth-order valence-corrected chi connectivity index (χ4v) is 4.49. The number of fused-ring (bicyclic) bond motifs is 1. The van der Waals surface area contributed by atoms with E-state index < -0.39 is 17.7 Å². The van der Waals surface area contributed by atoms with Crippen LogP contribution in [0.4, 0.5) is 4.79 Å². The highest BCUT2D eigenvalue weighted by molar-refractivity contribution is 5.96. The van der Waals surface area contributed by atoms with Gasteiger partial charge >= 0.3 is 12.1 Å². The van der Waals surface area contributed by atoms with Crippen LogP contribution in [0.3, 0.4) is 0 Å². The third-order valence-corrected chi connectivity index (χ3v) is 6.46. The highest BCUT2D eigenvalue weighted by atomic mass is 16.6. The number of carboxylic acids is 1. The van der Waals surface area contributed by atoms with E-state index in [4.69, 9.17) is 9.72 Å². The number of alkyl carbamates (subject to hydrolysis) is 1. The zero-order valence-electron chi connectivity index (χ0n) is 23.5. The van der Waals surface area contributed by atoms with Gasteiger partial charge in [0.2, 0.25) is 0 Å². The molecule has 0 aliphatic heterocycles. The van der Waals surface area contributed by atoms with E-state index in [-0.39, 0.29) is 24.2 Å². The number of carboxylic acid groups (broad SMARTS) is 1. The van der Waals surface area contributed by atoms with Gasteiger partial charge in [0.05, 0.1) is 17.3 Å². The predicted molar refractivity (Wildman–Crippen MR) is 153 cm³/mol. The van der Waals surface area contributed by atoms with Gasteiger partial charge in [-0.25, -0.2) is 14.6 Å². The van der Waals surface area contributed by atoms with Crippen LogP contribution in [0.5, 0.6) is 0 Å². The largest absolute Gasteiger partial charge is 0.477 e. The van der Waals surface area contributed by atoms with Crippen LogP contribution in [0.25, 0.3) is 22.2 Å². The van der Waals surface area contributed by atoms with Crippen molar-refractivity contribution in [3.8, 4) is 11.3 Å². The lowest BCUT2D eigenvalue weighted by molar-refractivity contribution is 0.0522. The summed E-state index contributed by atoms with van der Waals surface area (Å²) in [4.78, 5) is 41.8. The summed E-state index contributed by atoms with van der Waals surface area (Å²) in [5.41, 5.74) is 4.51. The number of para-hydroxylation sites is 1. The van der Waals surface area contributed by atoms with Crippen molar-refractivity contribution in [2.45, 2.75) is 52.8 Å². The second-order valence-corrected chi connectivity index (χ2v) is 10.8. The Balaban J connectivity index is 1.59. The third-order valence-electron chi connectivity index (χ3n) is 6.46. The molecular formula is C31H34N4O5. The number of carbonyl (C=O) groups excluding carboxylic acids is 2. The summed E-state index contributed by atoms with van der Waals surface area (Å²) in [6.07, 6.45) is 1.20. The number of hydrogen-bond donors (Lipinski definition) is 3. The Hall–Kier alpha value is -4.66. The van der Waals surface area contributed by atoms with Crippen LogP contribution in [0, 0.1) is 6.92 Å². The van der Waals surface area contributed by atoms with Crippen molar-refractivity contribution in [2.75, 3.05) is 0 Å². The molecule has 0 radical (unpaired) electrons. The van der Waals surface area contributed by atoms with Crippen molar-refractivity contribution in [1.29, 1.82) is 0 Å². The third kappa shape index (κ3) is 6.48. The number of amides is 2. The molecule has 40 heavy (non-hydrogen) atoms. The van der Waals surface area contributed by atoms with Gasteiger partial charge in [-0.2, -0.15) is 0 Å². The molecule has 0 saturated heterocycles. The van der Waals surface area contributed by atoms with Crippen molar-refractivity contribution in [2.24, 2.45) is 7.05 Å². The quantitative estimate of drug-likeness (QED) is 0.273. The molecule has 0 unspecified atom stereocenters. The average molecular weight is 543 g/mol. The number of pyridine rings is 1. The smallest absolute Gasteiger partial charge is 0.407 e. The summed E-state index contributed by atoms with van der Waals surface area (Å²) in [6.45, 7) is 9.37. The Labute approximate surface area is 233 Å². The van der Waals surface area contributed by atoms with Crippen LogP contribution in [-0.2, 0) is 18.3 Å². The summed E-state index contributed by atoms with van der Waals surface area (Å²) >= 11 is 0. The highest BCUT2D eigenvalue weighted by Gasteiger charge is 2.20. The number of aromatic nitrogens is 2. The van der Waals surface area contributed by atoms with Gasteiger partial charge in [0.15, 0.2) is 0 Å². The Bertz CT molecular complexity index is 1600. The SMILES string of the molecule is Cc1ccc(CNC(=O)OC(C)(C)C)cc1C(=O)N[C@H](C)c1cc(-c2cc(C(=O)O)n(C)c2)nc2ccccc12. The topological polar surface area (TPSA) is 123 Å². The lowest BCUT2D eigenvalue weighted by Crippen LogP contribution is -2.32. The van der Waals surface area contributed by atoms with Gasteiger partial charge in [-0.05, 0) is 75.6 Å². The molecule has 0 spiro atoms. The Kier molecular flexibility index (Phi) is 7.95. The standard InChI is InChI=1S/C31H34N4O5/c1-18-11-12-20(16-32-30(39)40-31(3,4)5)13-23(18)28(36)33-19(2)24-15-26(34-25-10-8-7-9-22(24)25)21-14-27(29(37)38)35(6)17-21/h7-15,17,19H,16H2,1-6H3,(H,32,39)(H,33,36)(H,37,38)/t19-/m1/s1. The molecule has 0 saturated carbocycles. The molecule has 2 aromatic heterocycles. The average Bonchev–Trinajstić information content (AvgIpc) is 3.28. The second-order valence-electron chi connectivity index (χ2n) is 10.8. The minimum Gasteiger partial charge on any atom is -0.477 e.